The molecule has 14 heavy (non-hydrogen) atoms. The van der Waals surface area contributed by atoms with Crippen molar-refractivity contribution in [1.82, 2.24) is 15.1 Å². The number of aromatic nitrogens is 2. The Labute approximate surface area is 93.0 Å². The fourth-order valence-electron chi connectivity index (χ4n) is 2.04. The molecule has 0 unspecified atom stereocenters. The Balaban J connectivity index is 1.98. The van der Waals surface area contributed by atoms with Crippen molar-refractivity contribution in [2.24, 2.45) is 13.0 Å². The number of rotatable bonds is 2. The molecule has 3 nitrogen and oxygen atoms in total. The van der Waals surface area contributed by atoms with Crippen LogP contribution in [0.5, 0.6) is 0 Å². The zero-order valence-electron chi connectivity index (χ0n) is 8.46. The van der Waals surface area contributed by atoms with E-state index >= 15 is 0 Å². The number of hydrogen-bond donors (Lipinski definition) is 1. The van der Waals surface area contributed by atoms with Crippen molar-refractivity contribution in [3.8, 4) is 0 Å². The van der Waals surface area contributed by atoms with E-state index in [4.69, 9.17) is 0 Å². The predicted octanol–water partition coefficient (Wildman–Crippen LogP) is 1.72. The summed E-state index contributed by atoms with van der Waals surface area (Å²) in [6, 6.07) is 2.13. The summed E-state index contributed by atoms with van der Waals surface area (Å²) in [4.78, 5) is 0. The third-order valence-electron chi connectivity index (χ3n) is 2.90. The fourth-order valence-corrected chi connectivity index (χ4v) is 2.54. The summed E-state index contributed by atoms with van der Waals surface area (Å²) in [5.74, 6) is 0.832. The quantitative estimate of drug-likeness (QED) is 0.875. The van der Waals surface area contributed by atoms with E-state index in [-0.39, 0.29) is 0 Å². The average molecular weight is 258 g/mol. The first-order chi connectivity index (χ1) is 6.75. The number of nitrogens with zero attached hydrogens (tertiary/aromatic N) is 2. The number of nitrogens with one attached hydrogen (secondary N) is 1. The molecule has 0 aliphatic carbocycles. The van der Waals surface area contributed by atoms with E-state index in [1.54, 1.807) is 0 Å². The molecule has 0 spiro atoms. The fraction of sp³-hybridized carbons (Fsp3) is 0.700. The van der Waals surface area contributed by atoms with Crippen LogP contribution in [0, 0.1) is 5.92 Å². The Kier molecular flexibility index (Phi) is 3.23. The first-order valence-electron chi connectivity index (χ1n) is 5.15. The first kappa shape index (κ1) is 10.2. The second kappa shape index (κ2) is 4.45. The van der Waals surface area contributed by atoms with E-state index in [0.29, 0.717) is 0 Å². The van der Waals surface area contributed by atoms with Gasteiger partial charge in [-0.15, -0.1) is 0 Å². The Bertz CT molecular complexity index is 302. The molecule has 1 aliphatic rings. The third kappa shape index (κ3) is 2.36. The van der Waals surface area contributed by atoms with Crippen LogP contribution in [-0.2, 0) is 13.5 Å². The summed E-state index contributed by atoms with van der Waals surface area (Å²) >= 11 is 3.40. The Morgan fingerprint density at radius 3 is 2.86 bits per heavy atom. The summed E-state index contributed by atoms with van der Waals surface area (Å²) < 4.78 is 2.93. The lowest BCUT2D eigenvalue weighted by atomic mass is 9.93. The van der Waals surface area contributed by atoms with Crippen molar-refractivity contribution in [2.75, 3.05) is 13.1 Å². The molecule has 0 amide bonds. The van der Waals surface area contributed by atoms with Crippen LogP contribution in [0.1, 0.15) is 18.5 Å². The van der Waals surface area contributed by atoms with Gasteiger partial charge in [0.05, 0.1) is 0 Å². The molecular formula is C10H16BrN3. The Morgan fingerprint density at radius 2 is 2.29 bits per heavy atom. The van der Waals surface area contributed by atoms with Crippen LogP contribution >= 0.6 is 15.9 Å². The van der Waals surface area contributed by atoms with E-state index in [2.05, 4.69) is 32.4 Å². The van der Waals surface area contributed by atoms with Crippen molar-refractivity contribution in [2.45, 2.75) is 19.3 Å². The minimum atomic E-state index is 0.832. The van der Waals surface area contributed by atoms with Crippen molar-refractivity contribution in [1.29, 1.82) is 0 Å². The van der Waals surface area contributed by atoms with Gasteiger partial charge in [-0.2, -0.15) is 5.10 Å². The van der Waals surface area contributed by atoms with E-state index < -0.39 is 0 Å². The average Bonchev–Trinajstić information content (AvgIpc) is 2.47. The van der Waals surface area contributed by atoms with Gasteiger partial charge in [-0.05, 0) is 60.3 Å². The highest BCUT2D eigenvalue weighted by molar-refractivity contribution is 9.10. The number of aryl methyl sites for hydroxylation is 1. The van der Waals surface area contributed by atoms with E-state index in [1.165, 1.54) is 31.6 Å². The van der Waals surface area contributed by atoms with Gasteiger partial charge in [0.25, 0.3) is 0 Å². The molecule has 2 heterocycles. The third-order valence-corrected chi connectivity index (χ3v) is 3.29. The highest BCUT2D eigenvalue weighted by atomic mass is 79.9. The molecule has 0 saturated carbocycles. The molecule has 0 bridgehead atoms. The molecule has 78 valence electrons. The molecule has 1 aromatic rings. The van der Waals surface area contributed by atoms with Crippen molar-refractivity contribution < 1.29 is 0 Å². The summed E-state index contributed by atoms with van der Waals surface area (Å²) in [5.41, 5.74) is 1.34. The highest BCUT2D eigenvalue weighted by Gasteiger charge is 2.15. The SMILES string of the molecule is Cn1nc(Br)cc1CC1CCNCC1. The highest BCUT2D eigenvalue weighted by Crippen LogP contribution is 2.19. The zero-order valence-corrected chi connectivity index (χ0v) is 10.0. The lowest BCUT2D eigenvalue weighted by Gasteiger charge is -2.22. The standard InChI is InChI=1S/C10H16BrN3/c1-14-9(7-10(11)13-14)6-8-2-4-12-5-3-8/h7-8,12H,2-6H2,1H3. The smallest absolute Gasteiger partial charge is 0.128 e. The predicted molar refractivity (Wildman–Crippen MR) is 60.2 cm³/mol. The number of hydrogen-bond acceptors (Lipinski definition) is 2. The second-order valence-corrected chi connectivity index (χ2v) is 4.79. The van der Waals surface area contributed by atoms with Crippen LogP contribution in [0.3, 0.4) is 0 Å². The maximum Gasteiger partial charge on any atom is 0.128 e. The lowest BCUT2D eigenvalue weighted by molar-refractivity contribution is 0.366. The van der Waals surface area contributed by atoms with E-state index in [0.717, 1.165) is 16.9 Å². The van der Waals surface area contributed by atoms with Crippen molar-refractivity contribution in [3.05, 3.63) is 16.4 Å². The van der Waals surface area contributed by atoms with Gasteiger partial charge in [0.15, 0.2) is 0 Å². The molecule has 0 aromatic carbocycles. The monoisotopic (exact) mass is 257 g/mol. The molecule has 1 N–H and O–H groups in total. The van der Waals surface area contributed by atoms with Gasteiger partial charge in [-0.25, -0.2) is 0 Å². The van der Waals surface area contributed by atoms with Gasteiger partial charge in [0.2, 0.25) is 0 Å². The first-order valence-corrected chi connectivity index (χ1v) is 5.94. The molecule has 1 fully saturated rings. The lowest BCUT2D eigenvalue weighted by Crippen LogP contribution is -2.29. The van der Waals surface area contributed by atoms with Crippen molar-refractivity contribution >= 4 is 15.9 Å². The van der Waals surface area contributed by atoms with Gasteiger partial charge in [0, 0.05) is 12.7 Å². The minimum absolute atomic E-state index is 0.832. The molecule has 0 atom stereocenters. The van der Waals surface area contributed by atoms with Crippen LogP contribution in [0.2, 0.25) is 0 Å². The molecule has 2 rings (SSSR count). The van der Waals surface area contributed by atoms with Gasteiger partial charge in [-0.3, -0.25) is 4.68 Å². The van der Waals surface area contributed by atoms with E-state index in [9.17, 15) is 0 Å². The van der Waals surface area contributed by atoms with Crippen LogP contribution in [-0.4, -0.2) is 22.9 Å². The Hall–Kier alpha value is -0.350. The number of halogens is 1. The molecule has 1 aromatic heterocycles. The van der Waals surface area contributed by atoms with Crippen LogP contribution in [0.25, 0.3) is 0 Å². The second-order valence-electron chi connectivity index (χ2n) is 3.98. The summed E-state index contributed by atoms with van der Waals surface area (Å²) in [6.45, 7) is 2.34. The molecule has 1 saturated heterocycles. The molecule has 1 aliphatic heterocycles. The van der Waals surface area contributed by atoms with Crippen LogP contribution in [0.4, 0.5) is 0 Å². The normalized spacial score (nSPS) is 18.7. The summed E-state index contributed by atoms with van der Waals surface area (Å²) in [5, 5.41) is 7.68. The molecule has 4 heteroatoms. The number of piperidine rings is 1. The largest absolute Gasteiger partial charge is 0.317 e. The summed E-state index contributed by atoms with van der Waals surface area (Å²) in [6.07, 6.45) is 3.75. The van der Waals surface area contributed by atoms with Gasteiger partial charge in [0.1, 0.15) is 4.60 Å². The Morgan fingerprint density at radius 1 is 1.57 bits per heavy atom. The van der Waals surface area contributed by atoms with E-state index in [1.807, 2.05) is 11.7 Å². The van der Waals surface area contributed by atoms with Crippen molar-refractivity contribution in [3.63, 3.8) is 0 Å². The van der Waals surface area contributed by atoms with Gasteiger partial charge in [-0.1, -0.05) is 0 Å². The molecule has 0 radical (unpaired) electrons. The molecular weight excluding hydrogens is 242 g/mol. The van der Waals surface area contributed by atoms with Crippen LogP contribution in [0.15, 0.2) is 10.7 Å². The summed E-state index contributed by atoms with van der Waals surface area (Å²) in [7, 11) is 2.02. The van der Waals surface area contributed by atoms with Crippen LogP contribution < -0.4 is 5.32 Å². The minimum Gasteiger partial charge on any atom is -0.317 e. The maximum atomic E-state index is 4.29. The zero-order chi connectivity index (χ0) is 9.97. The maximum absolute atomic E-state index is 4.29. The van der Waals surface area contributed by atoms with Gasteiger partial charge >= 0.3 is 0 Å². The van der Waals surface area contributed by atoms with Gasteiger partial charge < -0.3 is 5.32 Å². The topological polar surface area (TPSA) is 29.9 Å².